The molecule has 1 aromatic carbocycles. The fourth-order valence-corrected chi connectivity index (χ4v) is 3.09. The molecule has 1 amide bonds. The van der Waals surface area contributed by atoms with Gasteiger partial charge in [0, 0.05) is 35.6 Å². The Morgan fingerprint density at radius 2 is 2.21 bits per heavy atom. The molecule has 122 valence electrons. The maximum atomic E-state index is 12.8. The number of benzene rings is 1. The van der Waals surface area contributed by atoms with E-state index in [9.17, 15) is 4.79 Å². The van der Waals surface area contributed by atoms with Crippen molar-refractivity contribution in [2.24, 2.45) is 0 Å². The van der Waals surface area contributed by atoms with E-state index in [-0.39, 0.29) is 5.91 Å². The Labute approximate surface area is 144 Å². The Balaban J connectivity index is 1.83. The third-order valence-electron chi connectivity index (χ3n) is 3.34. The number of hydrogen-bond acceptors (Lipinski definition) is 6. The van der Waals surface area contributed by atoms with Gasteiger partial charge in [-0.1, -0.05) is 6.07 Å². The summed E-state index contributed by atoms with van der Waals surface area (Å²) < 4.78 is 0. The number of thiazole rings is 1. The first-order valence-corrected chi connectivity index (χ1v) is 8.42. The SMILES string of the molecule is CCN(C(=O)c1cccc(Nc2cnccn2)c1)c1nc(C)cs1. The van der Waals surface area contributed by atoms with E-state index in [1.165, 1.54) is 11.3 Å². The lowest BCUT2D eigenvalue weighted by Crippen LogP contribution is -2.30. The third kappa shape index (κ3) is 3.57. The number of carbonyl (C=O) groups is 1. The van der Waals surface area contributed by atoms with Gasteiger partial charge in [-0.3, -0.25) is 14.7 Å². The smallest absolute Gasteiger partial charge is 0.260 e. The molecule has 7 heteroatoms. The minimum absolute atomic E-state index is 0.0744. The van der Waals surface area contributed by atoms with Gasteiger partial charge in [0.25, 0.3) is 5.91 Å². The highest BCUT2D eigenvalue weighted by atomic mass is 32.1. The number of nitrogens with one attached hydrogen (secondary N) is 1. The van der Waals surface area contributed by atoms with Crippen molar-refractivity contribution in [2.45, 2.75) is 13.8 Å². The van der Waals surface area contributed by atoms with Crippen LogP contribution in [0.5, 0.6) is 0 Å². The summed E-state index contributed by atoms with van der Waals surface area (Å²) in [7, 11) is 0. The third-order valence-corrected chi connectivity index (χ3v) is 4.33. The zero-order chi connectivity index (χ0) is 16.9. The molecule has 6 nitrogen and oxygen atoms in total. The molecule has 0 aliphatic heterocycles. The first-order valence-electron chi connectivity index (χ1n) is 7.54. The average molecular weight is 339 g/mol. The van der Waals surface area contributed by atoms with Gasteiger partial charge < -0.3 is 5.32 Å². The maximum Gasteiger partial charge on any atom is 0.260 e. The lowest BCUT2D eigenvalue weighted by Gasteiger charge is -2.18. The Kier molecular flexibility index (Phi) is 4.81. The van der Waals surface area contributed by atoms with Crippen molar-refractivity contribution in [1.29, 1.82) is 0 Å². The molecule has 3 rings (SSSR count). The summed E-state index contributed by atoms with van der Waals surface area (Å²) in [4.78, 5) is 27.1. The second-order valence-corrected chi connectivity index (χ2v) is 5.95. The number of aryl methyl sites for hydroxylation is 1. The van der Waals surface area contributed by atoms with Crippen molar-refractivity contribution in [3.05, 3.63) is 59.5 Å². The summed E-state index contributed by atoms with van der Waals surface area (Å²) in [6.07, 6.45) is 4.85. The van der Waals surface area contributed by atoms with E-state index in [1.807, 2.05) is 31.4 Å². The van der Waals surface area contributed by atoms with Crippen molar-refractivity contribution < 1.29 is 4.79 Å². The van der Waals surface area contributed by atoms with E-state index >= 15 is 0 Å². The number of nitrogens with zero attached hydrogens (tertiary/aromatic N) is 4. The monoisotopic (exact) mass is 339 g/mol. The zero-order valence-electron chi connectivity index (χ0n) is 13.4. The second kappa shape index (κ2) is 7.18. The second-order valence-electron chi connectivity index (χ2n) is 5.12. The van der Waals surface area contributed by atoms with Crippen LogP contribution in [0.4, 0.5) is 16.6 Å². The molecular formula is C17H17N5OS. The minimum Gasteiger partial charge on any atom is -0.339 e. The van der Waals surface area contributed by atoms with Crippen LogP contribution in [-0.2, 0) is 0 Å². The summed E-state index contributed by atoms with van der Waals surface area (Å²) >= 11 is 1.47. The number of anilines is 3. The van der Waals surface area contributed by atoms with Crippen LogP contribution in [0.15, 0.2) is 48.2 Å². The molecule has 3 aromatic rings. The molecular weight excluding hydrogens is 322 g/mol. The standard InChI is InChI=1S/C17H17N5OS/c1-3-22(17-20-12(2)11-24-17)16(23)13-5-4-6-14(9-13)21-15-10-18-7-8-19-15/h4-11H,3H2,1-2H3,(H,19,21). The van der Waals surface area contributed by atoms with Crippen molar-refractivity contribution in [3.8, 4) is 0 Å². The van der Waals surface area contributed by atoms with Crippen LogP contribution < -0.4 is 10.2 Å². The molecule has 1 N–H and O–H groups in total. The van der Waals surface area contributed by atoms with Gasteiger partial charge in [0.15, 0.2) is 5.13 Å². The molecule has 0 bridgehead atoms. The molecule has 2 heterocycles. The molecule has 0 spiro atoms. The number of rotatable bonds is 5. The van der Waals surface area contributed by atoms with Gasteiger partial charge >= 0.3 is 0 Å². The number of carbonyl (C=O) groups excluding carboxylic acids is 1. The van der Waals surface area contributed by atoms with Crippen LogP contribution >= 0.6 is 11.3 Å². The van der Waals surface area contributed by atoms with E-state index in [0.29, 0.717) is 23.1 Å². The van der Waals surface area contributed by atoms with Gasteiger partial charge in [-0.05, 0) is 32.0 Å². The van der Waals surface area contributed by atoms with E-state index in [4.69, 9.17) is 0 Å². The highest BCUT2D eigenvalue weighted by Gasteiger charge is 2.19. The fraction of sp³-hybridized carbons (Fsp3) is 0.176. The van der Waals surface area contributed by atoms with Gasteiger partial charge in [-0.25, -0.2) is 9.97 Å². The predicted molar refractivity (Wildman–Crippen MR) is 96.0 cm³/mol. The molecule has 0 aliphatic rings. The van der Waals surface area contributed by atoms with Crippen molar-refractivity contribution in [2.75, 3.05) is 16.8 Å². The number of aromatic nitrogens is 3. The first kappa shape index (κ1) is 16.1. The van der Waals surface area contributed by atoms with Crippen molar-refractivity contribution >= 4 is 33.9 Å². The number of hydrogen-bond donors (Lipinski definition) is 1. The minimum atomic E-state index is -0.0744. The van der Waals surface area contributed by atoms with Gasteiger partial charge in [0.05, 0.1) is 11.9 Å². The van der Waals surface area contributed by atoms with Crippen LogP contribution in [0, 0.1) is 6.92 Å². The number of amides is 1. The topological polar surface area (TPSA) is 71.0 Å². The lowest BCUT2D eigenvalue weighted by atomic mass is 10.1. The van der Waals surface area contributed by atoms with Gasteiger partial charge in [-0.15, -0.1) is 11.3 Å². The summed E-state index contributed by atoms with van der Waals surface area (Å²) in [5.41, 5.74) is 2.30. The molecule has 0 radical (unpaired) electrons. The van der Waals surface area contributed by atoms with Crippen LogP contribution in [-0.4, -0.2) is 27.4 Å². The average Bonchev–Trinajstić information content (AvgIpc) is 3.03. The molecule has 0 aliphatic carbocycles. The largest absolute Gasteiger partial charge is 0.339 e. The molecule has 0 saturated carbocycles. The van der Waals surface area contributed by atoms with Gasteiger partial charge in [0.1, 0.15) is 5.82 Å². The first-order chi connectivity index (χ1) is 11.7. The normalized spacial score (nSPS) is 10.4. The van der Waals surface area contributed by atoms with Crippen molar-refractivity contribution in [1.82, 2.24) is 15.0 Å². The van der Waals surface area contributed by atoms with Crippen LogP contribution in [0.1, 0.15) is 23.0 Å². The highest BCUT2D eigenvalue weighted by Crippen LogP contribution is 2.23. The Bertz CT molecular complexity index is 834. The van der Waals surface area contributed by atoms with Crippen LogP contribution in [0.3, 0.4) is 0 Å². The van der Waals surface area contributed by atoms with Gasteiger partial charge in [0.2, 0.25) is 0 Å². The molecule has 0 unspecified atom stereocenters. The molecule has 0 fully saturated rings. The van der Waals surface area contributed by atoms with Crippen molar-refractivity contribution in [3.63, 3.8) is 0 Å². The zero-order valence-corrected chi connectivity index (χ0v) is 14.2. The van der Waals surface area contributed by atoms with E-state index in [1.54, 1.807) is 35.6 Å². The molecule has 24 heavy (non-hydrogen) atoms. The molecule has 2 aromatic heterocycles. The maximum absolute atomic E-state index is 12.8. The summed E-state index contributed by atoms with van der Waals surface area (Å²) in [5.74, 6) is 0.555. The highest BCUT2D eigenvalue weighted by molar-refractivity contribution is 7.14. The Morgan fingerprint density at radius 3 is 2.88 bits per heavy atom. The van der Waals surface area contributed by atoms with E-state index < -0.39 is 0 Å². The Morgan fingerprint density at radius 1 is 1.33 bits per heavy atom. The quantitative estimate of drug-likeness (QED) is 0.768. The molecule has 0 atom stereocenters. The molecule has 0 saturated heterocycles. The predicted octanol–water partition coefficient (Wildman–Crippen LogP) is 3.65. The summed E-state index contributed by atoms with van der Waals surface area (Å²) in [6, 6.07) is 7.33. The fourth-order valence-electron chi connectivity index (χ4n) is 2.23. The van der Waals surface area contributed by atoms with Crippen LogP contribution in [0.2, 0.25) is 0 Å². The van der Waals surface area contributed by atoms with Crippen LogP contribution in [0.25, 0.3) is 0 Å². The van der Waals surface area contributed by atoms with E-state index in [0.717, 1.165) is 11.4 Å². The summed E-state index contributed by atoms with van der Waals surface area (Å²) in [5, 5.41) is 5.80. The van der Waals surface area contributed by atoms with Gasteiger partial charge in [-0.2, -0.15) is 0 Å². The lowest BCUT2D eigenvalue weighted by molar-refractivity contribution is 0.0988. The summed E-state index contributed by atoms with van der Waals surface area (Å²) in [6.45, 7) is 4.42. The Hall–Kier alpha value is -2.80. The van der Waals surface area contributed by atoms with E-state index in [2.05, 4.69) is 20.3 Å².